The Balaban J connectivity index is 1.76. The number of aromatic nitrogens is 2. The topological polar surface area (TPSA) is 41.4 Å². The molecule has 0 N–H and O–H groups in total. The van der Waals surface area contributed by atoms with Crippen LogP contribution in [0.5, 0.6) is 0 Å². The van der Waals surface area contributed by atoms with E-state index in [0.717, 1.165) is 37.6 Å². The van der Waals surface area contributed by atoms with Crippen LogP contribution in [0.25, 0.3) is 0 Å². The van der Waals surface area contributed by atoms with Gasteiger partial charge in [0.2, 0.25) is 5.91 Å². The highest BCUT2D eigenvalue weighted by Gasteiger charge is 2.37. The van der Waals surface area contributed by atoms with E-state index in [2.05, 4.69) is 29.1 Å². The standard InChI is InChI=1S/C18H24N4O/c1-4-21(13-15-8-6-5-7-9-15)16-10-11-22(18(16)23)17-12-14(2)19-20(17)3/h5-9,12,16H,4,10-11,13H2,1-3H3/t16-/m0/s1. The summed E-state index contributed by atoms with van der Waals surface area (Å²) in [6.45, 7) is 6.51. The number of rotatable bonds is 5. The van der Waals surface area contributed by atoms with Gasteiger partial charge >= 0.3 is 0 Å². The predicted molar refractivity (Wildman–Crippen MR) is 91.2 cm³/mol. The number of hydrogen-bond donors (Lipinski definition) is 0. The van der Waals surface area contributed by atoms with Crippen molar-refractivity contribution in [3.8, 4) is 0 Å². The molecule has 5 heteroatoms. The van der Waals surface area contributed by atoms with Crippen LogP contribution in [0.1, 0.15) is 24.6 Å². The second-order valence-electron chi connectivity index (χ2n) is 6.11. The highest BCUT2D eigenvalue weighted by molar-refractivity contribution is 5.98. The van der Waals surface area contributed by atoms with Gasteiger partial charge in [0.1, 0.15) is 5.82 Å². The molecule has 0 saturated carbocycles. The molecule has 1 aliphatic heterocycles. The van der Waals surface area contributed by atoms with Gasteiger partial charge in [0.15, 0.2) is 0 Å². The Morgan fingerprint density at radius 2 is 2.04 bits per heavy atom. The SMILES string of the molecule is CCN(Cc1ccccc1)[C@H]1CCN(c2cc(C)nn2C)C1=O. The largest absolute Gasteiger partial charge is 0.296 e. The van der Waals surface area contributed by atoms with Gasteiger partial charge in [0, 0.05) is 26.2 Å². The molecule has 0 radical (unpaired) electrons. The molecule has 1 aromatic heterocycles. The fourth-order valence-corrected chi connectivity index (χ4v) is 3.34. The smallest absolute Gasteiger partial charge is 0.245 e. The minimum absolute atomic E-state index is 0.0459. The lowest BCUT2D eigenvalue weighted by molar-refractivity contribution is -0.121. The van der Waals surface area contributed by atoms with E-state index < -0.39 is 0 Å². The quantitative estimate of drug-likeness (QED) is 0.851. The van der Waals surface area contributed by atoms with Crippen molar-refractivity contribution in [2.75, 3.05) is 18.0 Å². The third-order valence-electron chi connectivity index (χ3n) is 4.51. The van der Waals surface area contributed by atoms with Crippen molar-refractivity contribution in [3.05, 3.63) is 47.7 Å². The van der Waals surface area contributed by atoms with Crippen LogP contribution in [0.15, 0.2) is 36.4 Å². The number of amides is 1. The van der Waals surface area contributed by atoms with Gasteiger partial charge in [-0.3, -0.25) is 19.3 Å². The number of hydrogen-bond acceptors (Lipinski definition) is 3. The lowest BCUT2D eigenvalue weighted by Gasteiger charge is -2.26. The van der Waals surface area contributed by atoms with Crippen LogP contribution in [0.4, 0.5) is 5.82 Å². The first-order valence-corrected chi connectivity index (χ1v) is 8.20. The summed E-state index contributed by atoms with van der Waals surface area (Å²) in [5.41, 5.74) is 2.19. The molecule has 5 nitrogen and oxygen atoms in total. The first kappa shape index (κ1) is 15.7. The van der Waals surface area contributed by atoms with Crippen LogP contribution < -0.4 is 4.90 Å². The maximum Gasteiger partial charge on any atom is 0.245 e. The van der Waals surface area contributed by atoms with Crippen LogP contribution in [-0.4, -0.2) is 39.7 Å². The fraction of sp³-hybridized carbons (Fsp3) is 0.444. The minimum Gasteiger partial charge on any atom is -0.296 e. The molecule has 2 aromatic rings. The maximum atomic E-state index is 12.9. The van der Waals surface area contributed by atoms with Crippen LogP contribution >= 0.6 is 0 Å². The molecule has 0 spiro atoms. The summed E-state index contributed by atoms with van der Waals surface area (Å²) in [7, 11) is 1.89. The highest BCUT2D eigenvalue weighted by atomic mass is 16.2. The molecule has 1 saturated heterocycles. The number of anilines is 1. The summed E-state index contributed by atoms with van der Waals surface area (Å²) in [6, 6.07) is 12.3. The predicted octanol–water partition coefficient (Wildman–Crippen LogP) is 2.36. The van der Waals surface area contributed by atoms with Crippen molar-refractivity contribution in [1.29, 1.82) is 0 Å². The van der Waals surface area contributed by atoms with E-state index in [9.17, 15) is 4.79 Å². The lowest BCUT2D eigenvalue weighted by Crippen LogP contribution is -2.41. The lowest BCUT2D eigenvalue weighted by atomic mass is 10.1. The molecule has 1 atom stereocenters. The third-order valence-corrected chi connectivity index (χ3v) is 4.51. The maximum absolute atomic E-state index is 12.9. The zero-order valence-corrected chi connectivity index (χ0v) is 14.1. The van der Waals surface area contributed by atoms with Crippen LogP contribution in [-0.2, 0) is 18.4 Å². The van der Waals surface area contributed by atoms with Crippen molar-refractivity contribution < 1.29 is 4.79 Å². The van der Waals surface area contributed by atoms with Gasteiger partial charge in [-0.2, -0.15) is 5.10 Å². The van der Waals surface area contributed by atoms with E-state index in [4.69, 9.17) is 0 Å². The molecule has 1 amide bonds. The Labute approximate surface area is 137 Å². The Morgan fingerprint density at radius 1 is 1.30 bits per heavy atom. The number of nitrogens with zero attached hydrogens (tertiary/aromatic N) is 4. The van der Waals surface area contributed by atoms with Crippen LogP contribution in [0.3, 0.4) is 0 Å². The Bertz CT molecular complexity index is 680. The number of likely N-dealkylation sites (N-methyl/N-ethyl adjacent to an activating group) is 1. The molecule has 1 aliphatic rings. The van der Waals surface area contributed by atoms with Crippen molar-refractivity contribution in [3.63, 3.8) is 0 Å². The summed E-state index contributed by atoms with van der Waals surface area (Å²) in [6.07, 6.45) is 0.865. The molecule has 2 heterocycles. The number of aryl methyl sites for hydroxylation is 2. The number of benzene rings is 1. The monoisotopic (exact) mass is 312 g/mol. The molecule has 0 aliphatic carbocycles. The van der Waals surface area contributed by atoms with Gasteiger partial charge < -0.3 is 0 Å². The molecule has 1 fully saturated rings. The normalized spacial score (nSPS) is 18.2. The summed E-state index contributed by atoms with van der Waals surface area (Å²) in [5.74, 6) is 1.08. The van der Waals surface area contributed by atoms with Gasteiger partial charge in [-0.05, 0) is 25.5 Å². The molecule has 1 aromatic carbocycles. The summed E-state index contributed by atoms with van der Waals surface area (Å²) < 4.78 is 1.79. The molecule has 122 valence electrons. The van der Waals surface area contributed by atoms with Gasteiger partial charge in [0.25, 0.3) is 0 Å². The molecule has 0 unspecified atom stereocenters. The van der Waals surface area contributed by atoms with E-state index in [1.807, 2.05) is 43.1 Å². The summed E-state index contributed by atoms with van der Waals surface area (Å²) in [4.78, 5) is 17.0. The number of carbonyl (C=O) groups is 1. The van der Waals surface area contributed by atoms with Crippen molar-refractivity contribution in [1.82, 2.24) is 14.7 Å². The highest BCUT2D eigenvalue weighted by Crippen LogP contribution is 2.25. The summed E-state index contributed by atoms with van der Waals surface area (Å²) >= 11 is 0. The van der Waals surface area contributed by atoms with E-state index in [0.29, 0.717) is 0 Å². The Morgan fingerprint density at radius 3 is 2.65 bits per heavy atom. The molecular formula is C18H24N4O. The van der Waals surface area contributed by atoms with E-state index in [-0.39, 0.29) is 11.9 Å². The second kappa shape index (κ2) is 6.54. The fourth-order valence-electron chi connectivity index (χ4n) is 3.34. The zero-order valence-electron chi connectivity index (χ0n) is 14.1. The molecule has 0 bridgehead atoms. The van der Waals surface area contributed by atoms with Crippen LogP contribution in [0.2, 0.25) is 0 Å². The van der Waals surface area contributed by atoms with Crippen molar-refractivity contribution in [2.45, 2.75) is 32.9 Å². The van der Waals surface area contributed by atoms with Gasteiger partial charge in [0.05, 0.1) is 11.7 Å². The first-order valence-electron chi connectivity index (χ1n) is 8.20. The average Bonchev–Trinajstić information content (AvgIpc) is 3.08. The second-order valence-corrected chi connectivity index (χ2v) is 6.11. The van der Waals surface area contributed by atoms with Crippen molar-refractivity contribution in [2.24, 2.45) is 7.05 Å². The van der Waals surface area contributed by atoms with Gasteiger partial charge in [-0.25, -0.2) is 0 Å². The number of carbonyl (C=O) groups excluding carboxylic acids is 1. The first-order chi connectivity index (χ1) is 11.1. The zero-order chi connectivity index (χ0) is 16.4. The van der Waals surface area contributed by atoms with Crippen molar-refractivity contribution >= 4 is 11.7 Å². The third kappa shape index (κ3) is 3.15. The Hall–Kier alpha value is -2.14. The average molecular weight is 312 g/mol. The van der Waals surface area contributed by atoms with Gasteiger partial charge in [-0.15, -0.1) is 0 Å². The molecule has 3 rings (SSSR count). The minimum atomic E-state index is -0.0459. The molecular weight excluding hydrogens is 288 g/mol. The molecule has 23 heavy (non-hydrogen) atoms. The van der Waals surface area contributed by atoms with E-state index >= 15 is 0 Å². The van der Waals surface area contributed by atoms with Gasteiger partial charge in [-0.1, -0.05) is 37.3 Å². The van der Waals surface area contributed by atoms with E-state index in [1.165, 1.54) is 5.56 Å². The van der Waals surface area contributed by atoms with E-state index in [1.54, 1.807) is 4.68 Å². The summed E-state index contributed by atoms with van der Waals surface area (Å²) in [5, 5.41) is 4.36. The van der Waals surface area contributed by atoms with Crippen LogP contribution in [0, 0.1) is 6.92 Å². The Kier molecular flexibility index (Phi) is 4.48.